The van der Waals surface area contributed by atoms with E-state index in [4.69, 9.17) is 19.9 Å². The molecule has 2 unspecified atom stereocenters. The van der Waals surface area contributed by atoms with E-state index in [-0.39, 0.29) is 37.7 Å². The summed E-state index contributed by atoms with van der Waals surface area (Å²) in [6, 6.07) is -1.64. The molecule has 12 heteroatoms. The van der Waals surface area contributed by atoms with Crippen molar-refractivity contribution in [1.82, 2.24) is 15.5 Å². The van der Waals surface area contributed by atoms with Gasteiger partial charge in [0.2, 0.25) is 11.8 Å². The molecule has 0 saturated heterocycles. The smallest absolute Gasteiger partial charge is 0.323 e. The Morgan fingerprint density at radius 2 is 1.18 bits per heavy atom. The van der Waals surface area contributed by atoms with Gasteiger partial charge in [0, 0.05) is 19.5 Å². The third-order valence-electron chi connectivity index (χ3n) is 6.29. The molecule has 0 aromatic rings. The molecule has 278 valence electrons. The highest BCUT2D eigenvalue weighted by atomic mass is 16.6. The van der Waals surface area contributed by atoms with Crippen molar-refractivity contribution in [2.75, 3.05) is 26.2 Å². The van der Waals surface area contributed by atoms with Crippen LogP contribution < -0.4 is 16.4 Å². The Labute approximate surface area is 294 Å². The maximum Gasteiger partial charge on any atom is 0.323 e. The van der Waals surface area contributed by atoms with Gasteiger partial charge in [0.05, 0.1) is 25.6 Å². The van der Waals surface area contributed by atoms with Crippen LogP contribution in [0, 0.1) is 23.7 Å². The number of nitrogens with zero attached hydrogens (tertiary/aromatic N) is 1. The zero-order valence-electron chi connectivity index (χ0n) is 31.6. The fourth-order valence-corrected chi connectivity index (χ4v) is 4.29. The predicted molar refractivity (Wildman–Crippen MR) is 190 cm³/mol. The van der Waals surface area contributed by atoms with Crippen molar-refractivity contribution in [1.29, 1.82) is 0 Å². The third-order valence-corrected chi connectivity index (χ3v) is 6.29. The molecule has 0 radical (unpaired) electrons. The van der Waals surface area contributed by atoms with Gasteiger partial charge in [-0.25, -0.2) is 0 Å². The van der Waals surface area contributed by atoms with E-state index in [0.717, 1.165) is 12.8 Å². The van der Waals surface area contributed by atoms with Crippen molar-refractivity contribution in [3.63, 3.8) is 0 Å². The van der Waals surface area contributed by atoms with E-state index in [1.807, 2.05) is 6.92 Å². The minimum atomic E-state index is -0.941. The Bertz CT molecular complexity index is 1160. The first-order chi connectivity index (χ1) is 22.6. The van der Waals surface area contributed by atoms with Crippen molar-refractivity contribution < 1.29 is 38.2 Å². The van der Waals surface area contributed by atoms with Gasteiger partial charge in [-0.3, -0.25) is 28.9 Å². The van der Waals surface area contributed by atoms with Gasteiger partial charge < -0.3 is 30.6 Å². The van der Waals surface area contributed by atoms with Gasteiger partial charge in [-0.05, 0) is 119 Å². The second kappa shape index (κ2) is 22.9. The van der Waals surface area contributed by atoms with Gasteiger partial charge >= 0.3 is 17.9 Å². The summed E-state index contributed by atoms with van der Waals surface area (Å²) in [4.78, 5) is 64.9. The van der Waals surface area contributed by atoms with Crippen LogP contribution in [0.5, 0.6) is 0 Å². The van der Waals surface area contributed by atoms with E-state index in [1.165, 1.54) is 4.90 Å². The van der Waals surface area contributed by atoms with E-state index in [0.29, 0.717) is 45.2 Å². The summed E-state index contributed by atoms with van der Waals surface area (Å²) < 4.78 is 16.6. The molecule has 12 nitrogen and oxygen atoms in total. The number of esters is 3. The second-order valence-corrected chi connectivity index (χ2v) is 14.9. The number of unbranched alkanes of at least 4 members (excludes halogenated alkanes) is 3. The summed E-state index contributed by atoms with van der Waals surface area (Å²) in [6.45, 7) is 17.8. The topological polar surface area (TPSA) is 166 Å². The number of carbonyl (C=O) groups is 5. The van der Waals surface area contributed by atoms with E-state index in [9.17, 15) is 24.0 Å². The van der Waals surface area contributed by atoms with Crippen LogP contribution in [0.2, 0.25) is 0 Å². The minimum absolute atomic E-state index is 0.0900. The largest absolute Gasteiger partial charge is 0.459 e. The highest BCUT2D eigenvalue weighted by molar-refractivity contribution is 5.82. The number of nitrogens with one attached hydrogen (secondary N) is 2. The molecule has 0 spiro atoms. The molecule has 0 bridgehead atoms. The number of carbonyl (C=O) groups excluding carboxylic acids is 5. The molecular formula is C37H62N4O8. The van der Waals surface area contributed by atoms with Crippen LogP contribution in [0.15, 0.2) is 0 Å². The summed E-state index contributed by atoms with van der Waals surface area (Å²) in [5.41, 5.74) is 3.75. The Balaban J connectivity index is 5.07. The molecule has 0 aliphatic carbocycles. The monoisotopic (exact) mass is 690 g/mol. The fourth-order valence-electron chi connectivity index (χ4n) is 4.29. The van der Waals surface area contributed by atoms with Gasteiger partial charge in [-0.1, -0.05) is 18.8 Å². The van der Waals surface area contributed by atoms with Crippen molar-refractivity contribution >= 4 is 29.7 Å². The summed E-state index contributed by atoms with van der Waals surface area (Å²) in [5.74, 6) is 8.79. The number of hydrogen-bond donors (Lipinski definition) is 3. The number of ether oxygens (including phenoxy) is 3. The summed E-state index contributed by atoms with van der Waals surface area (Å²) in [6.07, 6.45) is 4.89. The molecule has 2 amide bonds. The van der Waals surface area contributed by atoms with Crippen molar-refractivity contribution in [2.24, 2.45) is 5.73 Å². The molecule has 2 atom stereocenters. The van der Waals surface area contributed by atoms with Crippen LogP contribution in [0.4, 0.5) is 0 Å². The Hall–Kier alpha value is -3.61. The predicted octanol–water partition coefficient (Wildman–Crippen LogP) is 3.78. The highest BCUT2D eigenvalue weighted by Crippen LogP contribution is 2.18. The fraction of sp³-hybridized carbons (Fsp3) is 0.757. The lowest BCUT2D eigenvalue weighted by Crippen LogP contribution is -2.50. The van der Waals surface area contributed by atoms with Gasteiger partial charge in [-0.2, -0.15) is 0 Å². The molecule has 49 heavy (non-hydrogen) atoms. The SMILES string of the molecule is CCCC#CC#CCC(=O)NCCCCC(N)C(=O)NCCCCC(C(=O)OC(C)(C)C)N(CC(=O)OC(C)(C)C)CC(=O)OC(C)(C)C. The van der Waals surface area contributed by atoms with Crippen LogP contribution >= 0.6 is 0 Å². The lowest BCUT2D eigenvalue weighted by Gasteiger charge is -2.33. The lowest BCUT2D eigenvalue weighted by atomic mass is 10.1. The Morgan fingerprint density at radius 1 is 0.694 bits per heavy atom. The average molecular weight is 691 g/mol. The maximum absolute atomic E-state index is 13.4. The van der Waals surface area contributed by atoms with E-state index in [2.05, 4.69) is 34.3 Å². The molecule has 0 heterocycles. The van der Waals surface area contributed by atoms with Crippen LogP contribution in [0.1, 0.15) is 127 Å². The van der Waals surface area contributed by atoms with Crippen LogP contribution in [-0.4, -0.2) is 89.7 Å². The molecule has 0 saturated carbocycles. The highest BCUT2D eigenvalue weighted by Gasteiger charge is 2.34. The van der Waals surface area contributed by atoms with Crippen LogP contribution in [0.25, 0.3) is 0 Å². The maximum atomic E-state index is 13.4. The zero-order valence-corrected chi connectivity index (χ0v) is 31.6. The molecule has 4 N–H and O–H groups in total. The van der Waals surface area contributed by atoms with Gasteiger partial charge in [0.25, 0.3) is 0 Å². The summed E-state index contributed by atoms with van der Waals surface area (Å²) in [5, 5.41) is 5.63. The normalized spacial score (nSPS) is 12.7. The molecule has 0 aliphatic heterocycles. The second-order valence-electron chi connectivity index (χ2n) is 14.9. The first kappa shape index (κ1) is 45.4. The first-order valence-electron chi connectivity index (χ1n) is 17.3. The molecule has 0 aromatic carbocycles. The van der Waals surface area contributed by atoms with Crippen molar-refractivity contribution in [3.05, 3.63) is 0 Å². The quantitative estimate of drug-likeness (QED) is 0.0786. The average Bonchev–Trinajstić information content (AvgIpc) is 2.93. The zero-order chi connectivity index (χ0) is 37.7. The number of rotatable bonds is 19. The molecular weight excluding hydrogens is 628 g/mol. The summed E-state index contributed by atoms with van der Waals surface area (Å²) >= 11 is 0. The van der Waals surface area contributed by atoms with E-state index >= 15 is 0 Å². The van der Waals surface area contributed by atoms with Gasteiger partial charge in [-0.15, -0.1) is 0 Å². The van der Waals surface area contributed by atoms with Gasteiger partial charge in [0.15, 0.2) is 0 Å². The van der Waals surface area contributed by atoms with Crippen molar-refractivity contribution in [3.8, 4) is 23.7 Å². The Kier molecular flexibility index (Phi) is 21.2. The third kappa shape index (κ3) is 26.0. The molecule has 0 rings (SSSR count). The standard InChI is InChI=1S/C37H62N4O8/c1-11-12-13-14-15-16-23-30(42)39-24-19-17-21-28(38)33(45)40-25-20-18-22-29(34(46)49-37(8,9)10)41(26-31(43)47-35(2,3)4)27-32(44)48-36(5,6)7/h28-29H,11-12,17-27,38H2,1-10H3,(H,39,42)(H,40,45). The first-order valence-corrected chi connectivity index (χ1v) is 17.3. The van der Waals surface area contributed by atoms with Crippen molar-refractivity contribution in [2.45, 2.75) is 156 Å². The Morgan fingerprint density at radius 3 is 1.69 bits per heavy atom. The van der Waals surface area contributed by atoms with E-state index in [1.54, 1.807) is 62.3 Å². The van der Waals surface area contributed by atoms with E-state index < -0.39 is 46.8 Å². The molecule has 0 fully saturated rings. The number of amides is 2. The number of hydrogen-bond acceptors (Lipinski definition) is 10. The minimum Gasteiger partial charge on any atom is -0.459 e. The van der Waals surface area contributed by atoms with Gasteiger partial charge in [0.1, 0.15) is 22.8 Å². The molecule has 0 aromatic heterocycles. The molecule has 0 aliphatic rings. The number of nitrogens with two attached hydrogens (primary N) is 1. The van der Waals surface area contributed by atoms with Crippen LogP contribution in [-0.2, 0) is 38.2 Å². The van der Waals surface area contributed by atoms with Crippen LogP contribution in [0.3, 0.4) is 0 Å². The lowest BCUT2D eigenvalue weighted by molar-refractivity contribution is -0.168. The summed E-state index contributed by atoms with van der Waals surface area (Å²) in [7, 11) is 0.